The van der Waals surface area contributed by atoms with Crippen LogP contribution in [0.15, 0.2) is 0 Å². The Hall–Kier alpha value is -1.10. The molecule has 0 aliphatic heterocycles. The Balaban J connectivity index is 4.35. The maximum absolute atomic E-state index is 11.8. The Morgan fingerprint density at radius 2 is 1.94 bits per heavy atom. The van der Waals surface area contributed by atoms with Crippen molar-refractivity contribution < 1.29 is 14.7 Å². The highest BCUT2D eigenvalue weighted by atomic mass is 16.4. The number of carbonyl (C=O) groups is 2. The lowest BCUT2D eigenvalue weighted by atomic mass is 9.97. The van der Waals surface area contributed by atoms with Crippen molar-refractivity contribution in [2.24, 2.45) is 17.6 Å². The molecule has 5 heteroatoms. The van der Waals surface area contributed by atoms with E-state index in [1.54, 1.807) is 6.92 Å². The van der Waals surface area contributed by atoms with E-state index in [4.69, 9.17) is 10.8 Å². The molecule has 0 aliphatic carbocycles. The van der Waals surface area contributed by atoms with Crippen LogP contribution in [-0.4, -0.2) is 29.6 Å². The average molecular weight is 244 g/mol. The van der Waals surface area contributed by atoms with Gasteiger partial charge in [0, 0.05) is 5.92 Å². The van der Waals surface area contributed by atoms with Crippen molar-refractivity contribution in [2.75, 3.05) is 6.54 Å². The molecule has 0 bridgehead atoms. The SMILES string of the molecule is CC[C@H](C)[C@H](NC(=O)C(C)CCCN)C(=O)O. The predicted molar refractivity (Wildman–Crippen MR) is 66.5 cm³/mol. The maximum atomic E-state index is 11.8. The normalized spacial score (nSPS) is 16.0. The molecule has 17 heavy (non-hydrogen) atoms. The van der Waals surface area contributed by atoms with Crippen molar-refractivity contribution in [3.8, 4) is 0 Å². The van der Waals surface area contributed by atoms with E-state index >= 15 is 0 Å². The number of carboxylic acid groups (broad SMARTS) is 1. The topological polar surface area (TPSA) is 92.4 Å². The van der Waals surface area contributed by atoms with Crippen LogP contribution < -0.4 is 11.1 Å². The van der Waals surface area contributed by atoms with Crippen LogP contribution in [-0.2, 0) is 9.59 Å². The second-order valence-electron chi connectivity index (χ2n) is 4.54. The van der Waals surface area contributed by atoms with Gasteiger partial charge in [-0.3, -0.25) is 4.79 Å². The molecule has 1 unspecified atom stereocenters. The smallest absolute Gasteiger partial charge is 0.326 e. The summed E-state index contributed by atoms with van der Waals surface area (Å²) in [4.78, 5) is 22.8. The molecule has 0 heterocycles. The second-order valence-corrected chi connectivity index (χ2v) is 4.54. The highest BCUT2D eigenvalue weighted by Crippen LogP contribution is 2.11. The molecule has 1 amide bonds. The maximum Gasteiger partial charge on any atom is 0.326 e. The van der Waals surface area contributed by atoms with Crippen LogP contribution in [0.1, 0.15) is 40.0 Å². The third-order valence-corrected chi connectivity index (χ3v) is 3.07. The first-order chi connectivity index (χ1) is 7.93. The molecule has 0 saturated heterocycles. The van der Waals surface area contributed by atoms with Crippen LogP contribution in [0.5, 0.6) is 0 Å². The number of rotatable bonds is 8. The van der Waals surface area contributed by atoms with Crippen LogP contribution in [0, 0.1) is 11.8 Å². The first-order valence-corrected chi connectivity index (χ1v) is 6.17. The summed E-state index contributed by atoms with van der Waals surface area (Å²) in [5.74, 6) is -1.44. The number of nitrogens with two attached hydrogens (primary N) is 1. The Morgan fingerprint density at radius 1 is 1.35 bits per heavy atom. The highest BCUT2D eigenvalue weighted by Gasteiger charge is 2.26. The monoisotopic (exact) mass is 244 g/mol. The van der Waals surface area contributed by atoms with E-state index in [2.05, 4.69) is 5.32 Å². The van der Waals surface area contributed by atoms with Gasteiger partial charge in [0.15, 0.2) is 0 Å². The predicted octanol–water partition coefficient (Wildman–Crippen LogP) is 0.977. The first kappa shape index (κ1) is 15.9. The molecule has 0 saturated carbocycles. The zero-order valence-electron chi connectivity index (χ0n) is 10.9. The quantitative estimate of drug-likeness (QED) is 0.593. The summed E-state index contributed by atoms with van der Waals surface area (Å²) >= 11 is 0. The molecule has 0 radical (unpaired) electrons. The van der Waals surface area contributed by atoms with Crippen LogP contribution in [0.2, 0.25) is 0 Å². The number of amides is 1. The van der Waals surface area contributed by atoms with Crippen LogP contribution in [0.25, 0.3) is 0 Å². The van der Waals surface area contributed by atoms with Gasteiger partial charge in [0.25, 0.3) is 0 Å². The second kappa shape index (κ2) is 8.06. The molecule has 5 nitrogen and oxygen atoms in total. The average Bonchev–Trinajstić information content (AvgIpc) is 2.31. The molecule has 0 aromatic rings. The van der Waals surface area contributed by atoms with Gasteiger partial charge in [0.05, 0.1) is 0 Å². The fourth-order valence-corrected chi connectivity index (χ4v) is 1.53. The molecule has 0 rings (SSSR count). The summed E-state index contributed by atoms with van der Waals surface area (Å²) in [6.45, 7) is 6.07. The fourth-order valence-electron chi connectivity index (χ4n) is 1.53. The summed E-state index contributed by atoms with van der Waals surface area (Å²) in [6.07, 6.45) is 2.18. The van der Waals surface area contributed by atoms with Gasteiger partial charge < -0.3 is 16.2 Å². The zero-order valence-corrected chi connectivity index (χ0v) is 10.9. The summed E-state index contributed by atoms with van der Waals surface area (Å²) in [7, 11) is 0. The van der Waals surface area contributed by atoms with Gasteiger partial charge in [0.2, 0.25) is 5.91 Å². The standard InChI is InChI=1S/C12H24N2O3/c1-4-8(2)10(12(16)17)14-11(15)9(3)6-5-7-13/h8-10H,4-7,13H2,1-3H3,(H,14,15)(H,16,17)/t8-,9?,10-/m0/s1. The van der Waals surface area contributed by atoms with Crippen molar-refractivity contribution in [2.45, 2.75) is 46.1 Å². The van der Waals surface area contributed by atoms with E-state index < -0.39 is 12.0 Å². The van der Waals surface area contributed by atoms with E-state index in [-0.39, 0.29) is 17.7 Å². The van der Waals surface area contributed by atoms with Crippen LogP contribution in [0.3, 0.4) is 0 Å². The summed E-state index contributed by atoms with van der Waals surface area (Å²) < 4.78 is 0. The van der Waals surface area contributed by atoms with Gasteiger partial charge in [0.1, 0.15) is 6.04 Å². The Morgan fingerprint density at radius 3 is 2.35 bits per heavy atom. The minimum atomic E-state index is -0.973. The lowest BCUT2D eigenvalue weighted by Crippen LogP contribution is -2.46. The molecule has 0 spiro atoms. The van der Waals surface area contributed by atoms with Crippen LogP contribution >= 0.6 is 0 Å². The zero-order chi connectivity index (χ0) is 13.4. The molecule has 0 fully saturated rings. The number of hydrogen-bond acceptors (Lipinski definition) is 3. The lowest BCUT2D eigenvalue weighted by Gasteiger charge is -2.22. The van der Waals surface area contributed by atoms with E-state index in [0.29, 0.717) is 19.4 Å². The molecular formula is C12H24N2O3. The van der Waals surface area contributed by atoms with Crippen molar-refractivity contribution in [3.63, 3.8) is 0 Å². The van der Waals surface area contributed by atoms with Crippen molar-refractivity contribution in [1.29, 1.82) is 0 Å². The minimum Gasteiger partial charge on any atom is -0.480 e. The fraction of sp³-hybridized carbons (Fsp3) is 0.833. The van der Waals surface area contributed by atoms with E-state index in [1.807, 2.05) is 13.8 Å². The van der Waals surface area contributed by atoms with Gasteiger partial charge in [-0.2, -0.15) is 0 Å². The molecule has 4 N–H and O–H groups in total. The Kier molecular flexibility index (Phi) is 7.54. The molecule has 0 aromatic carbocycles. The largest absolute Gasteiger partial charge is 0.480 e. The van der Waals surface area contributed by atoms with Crippen molar-refractivity contribution in [3.05, 3.63) is 0 Å². The van der Waals surface area contributed by atoms with E-state index in [1.165, 1.54) is 0 Å². The van der Waals surface area contributed by atoms with Gasteiger partial charge in [-0.1, -0.05) is 27.2 Å². The molecule has 0 aliphatic rings. The summed E-state index contributed by atoms with van der Waals surface area (Å²) in [6, 6.07) is -0.798. The number of carbonyl (C=O) groups excluding carboxylic acids is 1. The minimum absolute atomic E-state index is 0.0711. The number of aliphatic carboxylic acids is 1. The molecule has 100 valence electrons. The summed E-state index contributed by atoms with van der Waals surface area (Å²) in [5.41, 5.74) is 5.37. The Bertz CT molecular complexity index is 256. The number of carboxylic acids is 1. The number of nitrogens with one attached hydrogen (secondary N) is 1. The van der Waals surface area contributed by atoms with E-state index in [0.717, 1.165) is 6.42 Å². The van der Waals surface area contributed by atoms with Crippen molar-refractivity contribution >= 4 is 11.9 Å². The Labute approximate surface area is 103 Å². The van der Waals surface area contributed by atoms with E-state index in [9.17, 15) is 9.59 Å². The third-order valence-electron chi connectivity index (χ3n) is 3.07. The van der Waals surface area contributed by atoms with Gasteiger partial charge in [-0.15, -0.1) is 0 Å². The van der Waals surface area contributed by atoms with Gasteiger partial charge in [-0.25, -0.2) is 4.79 Å². The third kappa shape index (κ3) is 5.68. The number of hydrogen-bond donors (Lipinski definition) is 3. The van der Waals surface area contributed by atoms with Crippen molar-refractivity contribution in [1.82, 2.24) is 5.32 Å². The highest BCUT2D eigenvalue weighted by molar-refractivity contribution is 5.84. The molecule has 3 atom stereocenters. The first-order valence-electron chi connectivity index (χ1n) is 6.17. The van der Waals surface area contributed by atoms with Crippen LogP contribution in [0.4, 0.5) is 0 Å². The summed E-state index contributed by atoms with van der Waals surface area (Å²) in [5, 5.41) is 11.6. The lowest BCUT2D eigenvalue weighted by molar-refractivity contribution is -0.144. The molecular weight excluding hydrogens is 220 g/mol. The molecule has 0 aromatic heterocycles. The van der Waals surface area contributed by atoms with Gasteiger partial charge in [-0.05, 0) is 25.3 Å². The van der Waals surface area contributed by atoms with Gasteiger partial charge >= 0.3 is 5.97 Å².